The van der Waals surface area contributed by atoms with Crippen LogP contribution in [0.1, 0.15) is 31.0 Å². The van der Waals surface area contributed by atoms with Gasteiger partial charge >= 0.3 is 0 Å². The summed E-state index contributed by atoms with van der Waals surface area (Å²) in [4.78, 5) is 12.3. The zero-order valence-electron chi connectivity index (χ0n) is 11.3. The first-order chi connectivity index (χ1) is 9.10. The Kier molecular flexibility index (Phi) is 3.76. The molecule has 0 aliphatic rings. The second-order valence-corrected chi connectivity index (χ2v) is 4.63. The summed E-state index contributed by atoms with van der Waals surface area (Å²) in [6, 6.07) is 7.25. The molecule has 0 atom stereocenters. The molecule has 0 unspecified atom stereocenters. The van der Waals surface area contributed by atoms with Crippen LogP contribution in [0, 0.1) is 0 Å². The van der Waals surface area contributed by atoms with E-state index in [2.05, 4.69) is 5.10 Å². The summed E-state index contributed by atoms with van der Waals surface area (Å²) >= 11 is 0. The average Bonchev–Trinajstić information content (AvgIpc) is 2.75. The first-order valence-corrected chi connectivity index (χ1v) is 6.18. The van der Waals surface area contributed by atoms with Gasteiger partial charge in [0.25, 0.3) is 5.56 Å². The van der Waals surface area contributed by atoms with E-state index in [4.69, 9.17) is 4.74 Å². The minimum atomic E-state index is -0.273. The van der Waals surface area contributed by atoms with Crippen LogP contribution >= 0.6 is 0 Å². The lowest BCUT2D eigenvalue weighted by Gasteiger charge is -2.08. The van der Waals surface area contributed by atoms with E-state index < -0.39 is 0 Å². The quantitative estimate of drug-likeness (QED) is 0.882. The van der Waals surface area contributed by atoms with E-state index in [9.17, 15) is 9.90 Å². The van der Waals surface area contributed by atoms with Crippen molar-refractivity contribution in [2.45, 2.75) is 26.4 Å². The molecule has 19 heavy (non-hydrogen) atoms. The summed E-state index contributed by atoms with van der Waals surface area (Å²) < 4.78 is 6.67. The van der Waals surface area contributed by atoms with Gasteiger partial charge in [0.2, 0.25) is 0 Å². The van der Waals surface area contributed by atoms with E-state index in [1.54, 1.807) is 19.2 Å². The maximum Gasteiger partial charge on any atom is 0.277 e. The van der Waals surface area contributed by atoms with Gasteiger partial charge in [-0.25, -0.2) is 4.68 Å². The fourth-order valence-corrected chi connectivity index (χ4v) is 2.10. The Hall–Kier alpha value is -2.01. The van der Waals surface area contributed by atoms with E-state index in [-0.39, 0.29) is 18.1 Å². The maximum absolute atomic E-state index is 12.3. The van der Waals surface area contributed by atoms with E-state index in [1.807, 2.05) is 26.0 Å². The lowest BCUT2D eigenvalue weighted by atomic mass is 10.1. The Morgan fingerprint density at radius 1 is 1.37 bits per heavy atom. The Bertz CT molecular complexity index is 626. The highest BCUT2D eigenvalue weighted by molar-refractivity contribution is 5.46. The van der Waals surface area contributed by atoms with Crippen molar-refractivity contribution in [1.29, 1.82) is 0 Å². The predicted molar refractivity (Wildman–Crippen MR) is 73.0 cm³/mol. The number of H-pyrrole nitrogens is 1. The number of nitrogens with one attached hydrogen (secondary N) is 1. The molecule has 102 valence electrons. The number of rotatable bonds is 4. The molecule has 1 aromatic heterocycles. The molecule has 0 fully saturated rings. The fraction of sp³-hybridized carbons (Fsp3) is 0.357. The molecule has 0 aliphatic heterocycles. The average molecular weight is 262 g/mol. The molecule has 2 rings (SSSR count). The smallest absolute Gasteiger partial charge is 0.277 e. The molecule has 2 N–H and O–H groups in total. The summed E-state index contributed by atoms with van der Waals surface area (Å²) in [5.74, 6) is 0.733. The monoisotopic (exact) mass is 262 g/mol. The van der Waals surface area contributed by atoms with Crippen molar-refractivity contribution in [3.05, 3.63) is 45.9 Å². The van der Waals surface area contributed by atoms with Crippen LogP contribution < -0.4 is 10.3 Å². The lowest BCUT2D eigenvalue weighted by Crippen LogP contribution is -2.18. The van der Waals surface area contributed by atoms with Crippen LogP contribution in [-0.2, 0) is 6.61 Å². The van der Waals surface area contributed by atoms with Gasteiger partial charge in [0, 0.05) is 5.69 Å². The van der Waals surface area contributed by atoms with Gasteiger partial charge in [0.1, 0.15) is 11.4 Å². The number of aliphatic hydroxyl groups excluding tert-OH is 1. The highest BCUT2D eigenvalue weighted by atomic mass is 16.5. The molecule has 1 aromatic carbocycles. The third kappa shape index (κ3) is 2.29. The summed E-state index contributed by atoms with van der Waals surface area (Å²) in [7, 11) is 1.56. The van der Waals surface area contributed by atoms with Gasteiger partial charge in [-0.2, -0.15) is 0 Å². The first kappa shape index (κ1) is 13.4. The third-order valence-electron chi connectivity index (χ3n) is 3.08. The molecule has 5 heteroatoms. The molecule has 0 saturated carbocycles. The minimum absolute atomic E-state index is 0.130. The van der Waals surface area contributed by atoms with E-state index in [0.717, 1.165) is 5.69 Å². The van der Waals surface area contributed by atoms with E-state index in [0.29, 0.717) is 17.0 Å². The second kappa shape index (κ2) is 5.32. The molecule has 0 radical (unpaired) electrons. The number of aromatic nitrogens is 2. The van der Waals surface area contributed by atoms with Crippen LogP contribution in [0.25, 0.3) is 5.69 Å². The number of aliphatic hydroxyl groups is 1. The van der Waals surface area contributed by atoms with Crippen LogP contribution in [0.3, 0.4) is 0 Å². The van der Waals surface area contributed by atoms with Crippen molar-refractivity contribution >= 4 is 0 Å². The number of hydrogen-bond acceptors (Lipinski definition) is 3. The first-order valence-electron chi connectivity index (χ1n) is 6.18. The van der Waals surface area contributed by atoms with Crippen molar-refractivity contribution in [2.75, 3.05) is 7.11 Å². The number of ether oxygens (including phenoxy) is 1. The summed E-state index contributed by atoms with van der Waals surface area (Å²) in [5.41, 5.74) is 1.55. The molecule has 1 heterocycles. The van der Waals surface area contributed by atoms with Gasteiger partial charge in [-0.15, -0.1) is 0 Å². The van der Waals surface area contributed by atoms with Gasteiger partial charge in [0.05, 0.1) is 19.3 Å². The molecular weight excluding hydrogens is 244 g/mol. The van der Waals surface area contributed by atoms with Crippen LogP contribution in [0.2, 0.25) is 0 Å². The Morgan fingerprint density at radius 3 is 2.58 bits per heavy atom. The van der Waals surface area contributed by atoms with Crippen molar-refractivity contribution in [3.63, 3.8) is 0 Å². The Balaban J connectivity index is 2.67. The van der Waals surface area contributed by atoms with Crippen LogP contribution in [0.5, 0.6) is 5.75 Å². The van der Waals surface area contributed by atoms with Gasteiger partial charge in [0.15, 0.2) is 0 Å². The summed E-state index contributed by atoms with van der Waals surface area (Å²) in [5, 5.41) is 12.4. The van der Waals surface area contributed by atoms with Gasteiger partial charge in [-0.1, -0.05) is 26.0 Å². The SMILES string of the molecule is COc1ccccc1-n1[nH]c(C(C)C)c(CO)c1=O. The molecule has 0 aliphatic carbocycles. The Labute approximate surface area is 111 Å². The number of para-hydroxylation sites is 2. The number of aromatic amines is 1. The number of hydrogen-bond donors (Lipinski definition) is 2. The van der Waals surface area contributed by atoms with Gasteiger partial charge in [-0.3, -0.25) is 9.89 Å². The van der Waals surface area contributed by atoms with E-state index >= 15 is 0 Å². The number of methoxy groups -OCH3 is 1. The minimum Gasteiger partial charge on any atom is -0.494 e. The third-order valence-corrected chi connectivity index (χ3v) is 3.08. The predicted octanol–water partition coefficient (Wildman–Crippen LogP) is 1.79. The summed E-state index contributed by atoms with van der Waals surface area (Å²) in [6.45, 7) is 3.67. The van der Waals surface area contributed by atoms with Crippen molar-refractivity contribution in [3.8, 4) is 11.4 Å². The zero-order valence-corrected chi connectivity index (χ0v) is 11.3. The Morgan fingerprint density at radius 2 is 2.05 bits per heavy atom. The van der Waals surface area contributed by atoms with Crippen molar-refractivity contribution in [1.82, 2.24) is 9.78 Å². The van der Waals surface area contributed by atoms with Crippen molar-refractivity contribution in [2.24, 2.45) is 0 Å². The number of nitrogens with zero attached hydrogens (tertiary/aromatic N) is 1. The zero-order chi connectivity index (χ0) is 14.0. The largest absolute Gasteiger partial charge is 0.494 e. The van der Waals surface area contributed by atoms with Gasteiger partial charge < -0.3 is 9.84 Å². The standard InChI is InChI=1S/C14H18N2O3/c1-9(2)13-10(8-17)14(18)16(15-13)11-6-4-5-7-12(11)19-3/h4-7,9,15,17H,8H2,1-3H3. The van der Waals surface area contributed by atoms with Crippen LogP contribution in [-0.4, -0.2) is 22.0 Å². The molecule has 0 spiro atoms. The molecular formula is C14H18N2O3. The molecule has 0 saturated heterocycles. The maximum atomic E-state index is 12.3. The molecule has 5 nitrogen and oxygen atoms in total. The second-order valence-electron chi connectivity index (χ2n) is 4.63. The van der Waals surface area contributed by atoms with Crippen LogP contribution in [0.4, 0.5) is 0 Å². The van der Waals surface area contributed by atoms with E-state index in [1.165, 1.54) is 4.68 Å². The fourth-order valence-electron chi connectivity index (χ4n) is 2.10. The lowest BCUT2D eigenvalue weighted by molar-refractivity contribution is 0.279. The topological polar surface area (TPSA) is 67.2 Å². The van der Waals surface area contributed by atoms with Crippen LogP contribution in [0.15, 0.2) is 29.1 Å². The van der Waals surface area contributed by atoms with Gasteiger partial charge in [-0.05, 0) is 18.1 Å². The highest BCUT2D eigenvalue weighted by Crippen LogP contribution is 2.22. The normalized spacial score (nSPS) is 11.0. The molecule has 2 aromatic rings. The summed E-state index contributed by atoms with van der Waals surface area (Å²) in [6.07, 6.45) is 0. The van der Waals surface area contributed by atoms with Crippen molar-refractivity contribution < 1.29 is 9.84 Å². The molecule has 0 bridgehead atoms. The number of benzene rings is 1. The highest BCUT2D eigenvalue weighted by Gasteiger charge is 2.18. The molecule has 0 amide bonds.